The van der Waals surface area contributed by atoms with Crippen molar-refractivity contribution in [1.29, 1.82) is 0 Å². The first kappa shape index (κ1) is 13.0. The van der Waals surface area contributed by atoms with E-state index in [0.717, 1.165) is 18.5 Å². The van der Waals surface area contributed by atoms with E-state index in [1.54, 1.807) is 0 Å². The van der Waals surface area contributed by atoms with Gasteiger partial charge in [-0.3, -0.25) is 0 Å². The van der Waals surface area contributed by atoms with Gasteiger partial charge >= 0.3 is 0 Å². The Kier molecular flexibility index (Phi) is 3.86. The van der Waals surface area contributed by atoms with Gasteiger partial charge in [-0.25, -0.2) is 0 Å². The molecule has 15 heavy (non-hydrogen) atoms. The summed E-state index contributed by atoms with van der Waals surface area (Å²) in [5, 5.41) is 3.62. The Morgan fingerprint density at radius 2 is 1.87 bits per heavy atom. The number of hydrogen-bond acceptors (Lipinski definition) is 1. The molecule has 2 atom stereocenters. The molecule has 90 valence electrons. The third-order valence-corrected chi connectivity index (χ3v) is 4.14. The smallest absolute Gasteiger partial charge is 0.00701 e. The Balaban J connectivity index is 2.71. The summed E-state index contributed by atoms with van der Waals surface area (Å²) >= 11 is 0. The van der Waals surface area contributed by atoms with Crippen molar-refractivity contribution in [2.45, 2.75) is 66.8 Å². The van der Waals surface area contributed by atoms with Crippen LogP contribution in [0.5, 0.6) is 0 Å². The standard InChI is InChI=1S/C14H29N/c1-7-15-11-8-9-14(5,6)12(10-11)13(2,3)4/h11-12,15H,7-10H2,1-6H3. The Bertz CT molecular complexity index is 200. The fourth-order valence-electron chi connectivity index (χ4n) is 3.44. The summed E-state index contributed by atoms with van der Waals surface area (Å²) in [6.07, 6.45) is 4.07. The Labute approximate surface area is 96.0 Å². The molecule has 1 rings (SSSR count). The van der Waals surface area contributed by atoms with Gasteiger partial charge in [0, 0.05) is 6.04 Å². The van der Waals surface area contributed by atoms with Crippen LogP contribution in [0, 0.1) is 16.7 Å². The first-order valence-corrected chi connectivity index (χ1v) is 6.50. The third-order valence-electron chi connectivity index (χ3n) is 4.14. The van der Waals surface area contributed by atoms with Crippen LogP contribution in [0.25, 0.3) is 0 Å². The van der Waals surface area contributed by atoms with Crippen molar-refractivity contribution in [3.05, 3.63) is 0 Å². The second kappa shape index (κ2) is 4.45. The van der Waals surface area contributed by atoms with Gasteiger partial charge in [-0.15, -0.1) is 0 Å². The third kappa shape index (κ3) is 3.21. The first-order valence-electron chi connectivity index (χ1n) is 6.50. The minimum Gasteiger partial charge on any atom is -0.314 e. The molecule has 0 aromatic carbocycles. The average Bonchev–Trinajstić information content (AvgIpc) is 2.06. The van der Waals surface area contributed by atoms with Crippen LogP contribution < -0.4 is 5.32 Å². The molecular formula is C14H29N. The van der Waals surface area contributed by atoms with Crippen LogP contribution in [-0.4, -0.2) is 12.6 Å². The Morgan fingerprint density at radius 1 is 1.27 bits per heavy atom. The van der Waals surface area contributed by atoms with E-state index < -0.39 is 0 Å². The quantitative estimate of drug-likeness (QED) is 0.732. The maximum absolute atomic E-state index is 3.62. The summed E-state index contributed by atoms with van der Waals surface area (Å²) in [5.41, 5.74) is 0.960. The minimum atomic E-state index is 0.442. The van der Waals surface area contributed by atoms with Gasteiger partial charge in [0.25, 0.3) is 0 Å². The second-order valence-corrected chi connectivity index (χ2v) is 6.94. The largest absolute Gasteiger partial charge is 0.314 e. The van der Waals surface area contributed by atoms with Crippen molar-refractivity contribution in [2.24, 2.45) is 16.7 Å². The van der Waals surface area contributed by atoms with Crippen LogP contribution in [0.1, 0.15) is 60.8 Å². The molecule has 1 aliphatic carbocycles. The van der Waals surface area contributed by atoms with Crippen molar-refractivity contribution in [2.75, 3.05) is 6.54 Å². The molecule has 0 spiro atoms. The van der Waals surface area contributed by atoms with Crippen molar-refractivity contribution in [3.8, 4) is 0 Å². The average molecular weight is 211 g/mol. The molecule has 0 heterocycles. The van der Waals surface area contributed by atoms with E-state index in [1.807, 2.05) is 0 Å². The molecule has 1 saturated carbocycles. The molecule has 1 fully saturated rings. The van der Waals surface area contributed by atoms with Crippen LogP contribution in [0.4, 0.5) is 0 Å². The fourth-order valence-corrected chi connectivity index (χ4v) is 3.44. The van der Waals surface area contributed by atoms with Gasteiger partial charge in [-0.1, -0.05) is 41.5 Å². The van der Waals surface area contributed by atoms with Gasteiger partial charge in [-0.05, 0) is 42.6 Å². The lowest BCUT2D eigenvalue weighted by Crippen LogP contribution is -2.45. The van der Waals surface area contributed by atoms with Gasteiger partial charge in [0.2, 0.25) is 0 Å². The molecule has 0 amide bonds. The lowest BCUT2D eigenvalue weighted by atomic mass is 9.58. The van der Waals surface area contributed by atoms with E-state index in [0.29, 0.717) is 10.8 Å². The molecule has 1 N–H and O–H groups in total. The highest BCUT2D eigenvalue weighted by atomic mass is 14.9. The molecule has 0 radical (unpaired) electrons. The van der Waals surface area contributed by atoms with E-state index in [1.165, 1.54) is 19.3 Å². The SMILES string of the molecule is CCNC1CCC(C)(C)C(C(C)(C)C)C1. The normalized spacial score (nSPS) is 31.6. The van der Waals surface area contributed by atoms with Gasteiger partial charge in [0.05, 0.1) is 0 Å². The summed E-state index contributed by atoms with van der Waals surface area (Å²) in [7, 11) is 0. The molecule has 2 unspecified atom stereocenters. The first-order chi connectivity index (χ1) is 6.77. The second-order valence-electron chi connectivity index (χ2n) is 6.94. The highest BCUT2D eigenvalue weighted by Crippen LogP contribution is 2.49. The summed E-state index contributed by atoms with van der Waals surface area (Å²) in [4.78, 5) is 0. The molecule has 0 saturated heterocycles. The zero-order valence-corrected chi connectivity index (χ0v) is 11.5. The fraction of sp³-hybridized carbons (Fsp3) is 1.00. The molecule has 0 aromatic heterocycles. The highest BCUT2D eigenvalue weighted by molar-refractivity contribution is 4.94. The predicted molar refractivity (Wildman–Crippen MR) is 68.0 cm³/mol. The maximum Gasteiger partial charge on any atom is 0.00701 e. The zero-order valence-electron chi connectivity index (χ0n) is 11.5. The van der Waals surface area contributed by atoms with Crippen molar-refractivity contribution < 1.29 is 0 Å². The van der Waals surface area contributed by atoms with E-state index in [4.69, 9.17) is 0 Å². The lowest BCUT2D eigenvalue weighted by Gasteiger charge is -2.49. The number of rotatable bonds is 2. The molecule has 0 aromatic rings. The molecular weight excluding hydrogens is 182 g/mol. The van der Waals surface area contributed by atoms with Gasteiger partial charge in [0.1, 0.15) is 0 Å². The lowest BCUT2D eigenvalue weighted by molar-refractivity contribution is 0.0263. The molecule has 1 heteroatoms. The predicted octanol–water partition coefficient (Wildman–Crippen LogP) is 3.84. The van der Waals surface area contributed by atoms with E-state index in [9.17, 15) is 0 Å². The number of hydrogen-bond donors (Lipinski definition) is 1. The monoisotopic (exact) mass is 211 g/mol. The van der Waals surface area contributed by atoms with Crippen LogP contribution in [0.15, 0.2) is 0 Å². The zero-order chi connectivity index (χ0) is 11.7. The van der Waals surface area contributed by atoms with Crippen LogP contribution in [0.3, 0.4) is 0 Å². The minimum absolute atomic E-state index is 0.442. The van der Waals surface area contributed by atoms with Gasteiger partial charge in [-0.2, -0.15) is 0 Å². The van der Waals surface area contributed by atoms with Crippen LogP contribution in [0.2, 0.25) is 0 Å². The number of nitrogens with one attached hydrogen (secondary N) is 1. The summed E-state index contributed by atoms with van der Waals surface area (Å²) < 4.78 is 0. The Hall–Kier alpha value is -0.0400. The topological polar surface area (TPSA) is 12.0 Å². The van der Waals surface area contributed by atoms with Gasteiger partial charge in [0.15, 0.2) is 0 Å². The summed E-state index contributed by atoms with van der Waals surface area (Å²) in [6, 6.07) is 0.757. The van der Waals surface area contributed by atoms with Crippen molar-refractivity contribution in [3.63, 3.8) is 0 Å². The van der Waals surface area contributed by atoms with Crippen LogP contribution in [-0.2, 0) is 0 Å². The molecule has 1 aliphatic rings. The summed E-state index contributed by atoms with van der Waals surface area (Å²) in [5.74, 6) is 0.836. The Morgan fingerprint density at radius 3 is 2.33 bits per heavy atom. The van der Waals surface area contributed by atoms with Crippen molar-refractivity contribution in [1.82, 2.24) is 5.32 Å². The van der Waals surface area contributed by atoms with E-state index >= 15 is 0 Å². The van der Waals surface area contributed by atoms with Crippen LogP contribution >= 0.6 is 0 Å². The molecule has 0 aliphatic heterocycles. The summed E-state index contributed by atoms with van der Waals surface area (Å²) in [6.45, 7) is 15.4. The highest BCUT2D eigenvalue weighted by Gasteiger charge is 2.42. The van der Waals surface area contributed by atoms with E-state index in [2.05, 4.69) is 46.9 Å². The van der Waals surface area contributed by atoms with Gasteiger partial charge < -0.3 is 5.32 Å². The van der Waals surface area contributed by atoms with Crippen molar-refractivity contribution >= 4 is 0 Å². The molecule has 0 bridgehead atoms. The maximum atomic E-state index is 3.62. The molecule has 1 nitrogen and oxygen atoms in total. The van der Waals surface area contributed by atoms with E-state index in [-0.39, 0.29) is 0 Å².